The third-order valence-corrected chi connectivity index (χ3v) is 4.90. The number of nitrogens with zero attached hydrogens (tertiary/aromatic N) is 1. The molecule has 0 aromatic heterocycles. The molecule has 1 aromatic rings. The zero-order valence-electron chi connectivity index (χ0n) is 11.8. The van der Waals surface area contributed by atoms with E-state index in [-0.39, 0.29) is 15.3 Å². The second kappa shape index (κ2) is 5.79. The van der Waals surface area contributed by atoms with Crippen LogP contribution in [0, 0.1) is 5.41 Å². The van der Waals surface area contributed by atoms with Gasteiger partial charge < -0.3 is 5.73 Å². The van der Waals surface area contributed by atoms with E-state index in [1.807, 2.05) is 20.8 Å². The summed E-state index contributed by atoms with van der Waals surface area (Å²) in [5, 5.41) is 0.212. The van der Waals surface area contributed by atoms with Crippen molar-refractivity contribution >= 4 is 21.6 Å². The minimum atomic E-state index is -3.57. The van der Waals surface area contributed by atoms with Gasteiger partial charge >= 0.3 is 0 Å². The van der Waals surface area contributed by atoms with Crippen LogP contribution in [0.15, 0.2) is 23.1 Å². The Morgan fingerprint density at radius 1 is 1.32 bits per heavy atom. The number of halogens is 1. The molecule has 0 aliphatic heterocycles. The van der Waals surface area contributed by atoms with Crippen LogP contribution in [0.1, 0.15) is 26.3 Å². The fourth-order valence-corrected chi connectivity index (χ4v) is 3.74. The van der Waals surface area contributed by atoms with Gasteiger partial charge in [-0.25, -0.2) is 12.7 Å². The minimum Gasteiger partial charge on any atom is -0.326 e. The summed E-state index contributed by atoms with van der Waals surface area (Å²) in [4.78, 5) is 0.123. The molecule has 0 saturated heterocycles. The van der Waals surface area contributed by atoms with Gasteiger partial charge in [0.15, 0.2) is 0 Å². The minimum absolute atomic E-state index is 0.120. The van der Waals surface area contributed by atoms with Gasteiger partial charge in [0.05, 0.1) is 5.02 Å². The van der Waals surface area contributed by atoms with Crippen molar-refractivity contribution in [3.8, 4) is 0 Å². The summed E-state index contributed by atoms with van der Waals surface area (Å²) in [6.07, 6.45) is 0. The summed E-state index contributed by atoms with van der Waals surface area (Å²) >= 11 is 6.05. The first kappa shape index (κ1) is 16.4. The van der Waals surface area contributed by atoms with Gasteiger partial charge in [0.1, 0.15) is 4.90 Å². The second-order valence-corrected chi connectivity index (χ2v) is 8.21. The van der Waals surface area contributed by atoms with E-state index >= 15 is 0 Å². The molecule has 0 aliphatic carbocycles. The van der Waals surface area contributed by atoms with Crippen molar-refractivity contribution < 1.29 is 8.42 Å². The molecule has 0 aliphatic rings. The van der Waals surface area contributed by atoms with Gasteiger partial charge in [-0.3, -0.25) is 0 Å². The molecule has 6 heteroatoms. The smallest absolute Gasteiger partial charge is 0.244 e. The number of rotatable bonds is 4. The SMILES string of the molecule is CN(CC(C)(C)C)S(=O)(=O)c1ccc(CN)cc1Cl. The zero-order valence-corrected chi connectivity index (χ0v) is 13.3. The third kappa shape index (κ3) is 4.18. The Morgan fingerprint density at radius 3 is 2.32 bits per heavy atom. The van der Waals surface area contributed by atoms with E-state index in [0.29, 0.717) is 13.1 Å². The summed E-state index contributed by atoms with van der Waals surface area (Å²) in [6, 6.07) is 4.79. The molecule has 4 nitrogen and oxygen atoms in total. The van der Waals surface area contributed by atoms with E-state index in [2.05, 4.69) is 0 Å². The van der Waals surface area contributed by atoms with Crippen molar-refractivity contribution in [1.29, 1.82) is 0 Å². The summed E-state index contributed by atoms with van der Waals surface area (Å²) in [6.45, 7) is 6.70. The molecule has 108 valence electrons. The van der Waals surface area contributed by atoms with Crippen LogP contribution in [0.5, 0.6) is 0 Å². The molecule has 0 radical (unpaired) electrons. The molecular formula is C13H21ClN2O2S. The van der Waals surface area contributed by atoms with Gasteiger partial charge in [0, 0.05) is 20.1 Å². The molecule has 1 aromatic carbocycles. The van der Waals surface area contributed by atoms with Crippen LogP contribution in [0.4, 0.5) is 0 Å². The topological polar surface area (TPSA) is 63.4 Å². The van der Waals surface area contributed by atoms with Crippen LogP contribution in [0.3, 0.4) is 0 Å². The summed E-state index contributed by atoms with van der Waals surface area (Å²) in [7, 11) is -2.00. The molecule has 0 unspecified atom stereocenters. The fraction of sp³-hybridized carbons (Fsp3) is 0.538. The highest BCUT2D eigenvalue weighted by Crippen LogP contribution is 2.27. The van der Waals surface area contributed by atoms with Crippen LogP contribution in [-0.4, -0.2) is 26.3 Å². The van der Waals surface area contributed by atoms with Gasteiger partial charge in [-0.1, -0.05) is 38.4 Å². The first-order chi connectivity index (χ1) is 8.58. The summed E-state index contributed by atoms with van der Waals surface area (Å²) < 4.78 is 26.2. The Bertz CT molecular complexity index is 550. The van der Waals surface area contributed by atoms with Crippen molar-refractivity contribution in [3.63, 3.8) is 0 Å². The number of hydrogen-bond donors (Lipinski definition) is 1. The van der Waals surface area contributed by atoms with Crippen molar-refractivity contribution in [2.24, 2.45) is 11.1 Å². The van der Waals surface area contributed by atoms with Crippen LogP contribution < -0.4 is 5.73 Å². The standard InChI is InChI=1S/C13H21ClN2O2S/c1-13(2,3)9-16(4)19(17,18)12-6-5-10(8-15)7-11(12)14/h5-7H,8-9,15H2,1-4H3. The second-order valence-electron chi connectivity index (χ2n) is 5.79. The van der Waals surface area contributed by atoms with E-state index in [1.54, 1.807) is 19.2 Å². The highest BCUT2D eigenvalue weighted by atomic mass is 35.5. The molecule has 0 bridgehead atoms. The maximum absolute atomic E-state index is 12.4. The van der Waals surface area contributed by atoms with E-state index in [4.69, 9.17) is 17.3 Å². The van der Waals surface area contributed by atoms with Crippen molar-refractivity contribution in [3.05, 3.63) is 28.8 Å². The van der Waals surface area contributed by atoms with Gasteiger partial charge in [0.2, 0.25) is 10.0 Å². The summed E-state index contributed by atoms with van der Waals surface area (Å²) in [5.41, 5.74) is 6.19. The average molecular weight is 305 g/mol. The first-order valence-electron chi connectivity index (χ1n) is 6.03. The number of hydrogen-bond acceptors (Lipinski definition) is 3. The Balaban J connectivity index is 3.13. The zero-order chi connectivity index (χ0) is 14.8. The monoisotopic (exact) mass is 304 g/mol. The van der Waals surface area contributed by atoms with Crippen LogP contribution in [0.2, 0.25) is 5.02 Å². The molecule has 0 heterocycles. The normalized spacial score (nSPS) is 13.0. The maximum atomic E-state index is 12.4. The third-order valence-electron chi connectivity index (χ3n) is 2.62. The predicted octanol–water partition coefficient (Wildman–Crippen LogP) is 2.47. The molecular weight excluding hydrogens is 284 g/mol. The van der Waals surface area contributed by atoms with Gasteiger partial charge in [-0.2, -0.15) is 0 Å². The highest BCUT2D eigenvalue weighted by molar-refractivity contribution is 7.89. The Hall–Kier alpha value is -0.620. The quantitative estimate of drug-likeness (QED) is 0.929. The van der Waals surface area contributed by atoms with Gasteiger partial charge in [-0.15, -0.1) is 0 Å². The molecule has 0 amide bonds. The molecule has 0 spiro atoms. The van der Waals surface area contributed by atoms with E-state index in [1.165, 1.54) is 10.4 Å². The molecule has 0 atom stereocenters. The largest absolute Gasteiger partial charge is 0.326 e. The number of benzene rings is 1. The van der Waals surface area contributed by atoms with Crippen LogP contribution >= 0.6 is 11.6 Å². The predicted molar refractivity (Wildman–Crippen MR) is 78.6 cm³/mol. The lowest BCUT2D eigenvalue weighted by Gasteiger charge is -2.26. The van der Waals surface area contributed by atoms with E-state index < -0.39 is 10.0 Å². The van der Waals surface area contributed by atoms with Gasteiger partial charge in [0.25, 0.3) is 0 Å². The van der Waals surface area contributed by atoms with Crippen LogP contribution in [-0.2, 0) is 16.6 Å². The average Bonchev–Trinajstić information content (AvgIpc) is 2.26. The number of sulfonamides is 1. The van der Waals surface area contributed by atoms with E-state index in [9.17, 15) is 8.42 Å². The maximum Gasteiger partial charge on any atom is 0.244 e. The van der Waals surface area contributed by atoms with Crippen molar-refractivity contribution in [2.75, 3.05) is 13.6 Å². The fourth-order valence-electron chi connectivity index (χ4n) is 1.80. The summed E-state index contributed by atoms with van der Waals surface area (Å²) in [5.74, 6) is 0. The molecule has 1 rings (SSSR count). The Labute approximate surface area is 120 Å². The van der Waals surface area contributed by atoms with Crippen molar-refractivity contribution in [2.45, 2.75) is 32.2 Å². The molecule has 0 saturated carbocycles. The lowest BCUT2D eigenvalue weighted by Crippen LogP contribution is -2.34. The molecule has 2 N–H and O–H groups in total. The molecule has 19 heavy (non-hydrogen) atoms. The lowest BCUT2D eigenvalue weighted by atomic mass is 9.97. The Morgan fingerprint density at radius 2 is 1.89 bits per heavy atom. The van der Waals surface area contributed by atoms with Gasteiger partial charge in [-0.05, 0) is 23.1 Å². The first-order valence-corrected chi connectivity index (χ1v) is 7.84. The van der Waals surface area contributed by atoms with E-state index in [0.717, 1.165) is 5.56 Å². The molecule has 0 fully saturated rings. The number of nitrogens with two attached hydrogens (primary N) is 1. The highest BCUT2D eigenvalue weighted by Gasteiger charge is 2.27. The Kier molecular flexibility index (Phi) is 5.01. The van der Waals surface area contributed by atoms with Crippen molar-refractivity contribution in [1.82, 2.24) is 4.31 Å². The lowest BCUT2D eigenvalue weighted by molar-refractivity contribution is 0.311. The van der Waals surface area contributed by atoms with Crippen LogP contribution in [0.25, 0.3) is 0 Å².